The van der Waals surface area contributed by atoms with Gasteiger partial charge in [-0.15, -0.1) is 11.3 Å². The van der Waals surface area contributed by atoms with Crippen LogP contribution in [-0.2, 0) is 22.4 Å². The fourth-order valence-electron chi connectivity index (χ4n) is 4.25. The zero-order valence-corrected chi connectivity index (χ0v) is 15.1. The predicted molar refractivity (Wildman–Crippen MR) is 95.6 cm³/mol. The van der Waals surface area contributed by atoms with Crippen molar-refractivity contribution in [3.8, 4) is 0 Å². The van der Waals surface area contributed by atoms with Gasteiger partial charge in [-0.25, -0.2) is 4.98 Å². The molecule has 0 spiro atoms. The third-order valence-electron chi connectivity index (χ3n) is 5.49. The van der Waals surface area contributed by atoms with Gasteiger partial charge in [0.25, 0.3) is 0 Å². The Kier molecular flexibility index (Phi) is 5.15. The molecule has 2 heterocycles. The Labute approximate surface area is 147 Å². The lowest BCUT2D eigenvalue weighted by atomic mass is 10.1. The van der Waals surface area contributed by atoms with E-state index in [1.165, 1.54) is 42.7 Å². The van der Waals surface area contributed by atoms with Gasteiger partial charge in [0.15, 0.2) is 5.13 Å². The summed E-state index contributed by atoms with van der Waals surface area (Å²) in [4.78, 5) is 20.9. The van der Waals surface area contributed by atoms with Gasteiger partial charge in [0, 0.05) is 24.1 Å². The Bertz CT molecular complexity index is 555. The quantitative estimate of drug-likeness (QED) is 0.858. The minimum Gasteiger partial charge on any atom is -0.377 e. The van der Waals surface area contributed by atoms with Crippen molar-refractivity contribution in [2.45, 2.75) is 69.9 Å². The second kappa shape index (κ2) is 7.50. The molecule has 1 saturated carbocycles. The molecule has 2 aliphatic carbocycles. The summed E-state index contributed by atoms with van der Waals surface area (Å²) in [5.41, 5.74) is 1.20. The predicted octanol–water partition coefficient (Wildman–Crippen LogP) is 2.99. The van der Waals surface area contributed by atoms with E-state index in [1.54, 1.807) is 11.3 Å². The van der Waals surface area contributed by atoms with Crippen LogP contribution in [0.4, 0.5) is 5.13 Å². The van der Waals surface area contributed by atoms with E-state index in [1.807, 2.05) is 0 Å². The number of aryl methyl sites for hydroxylation is 2. The van der Waals surface area contributed by atoms with Crippen LogP contribution in [0, 0.1) is 0 Å². The van der Waals surface area contributed by atoms with Gasteiger partial charge in [-0.3, -0.25) is 9.69 Å². The molecule has 6 heteroatoms. The van der Waals surface area contributed by atoms with Crippen molar-refractivity contribution in [3.63, 3.8) is 0 Å². The van der Waals surface area contributed by atoms with Crippen LogP contribution in [0.15, 0.2) is 0 Å². The van der Waals surface area contributed by atoms with E-state index in [9.17, 15) is 4.79 Å². The molecule has 0 aromatic carbocycles. The number of hydrogen-bond donors (Lipinski definition) is 1. The molecule has 132 valence electrons. The Hall–Kier alpha value is -0.980. The van der Waals surface area contributed by atoms with Crippen LogP contribution in [-0.4, -0.2) is 47.6 Å². The van der Waals surface area contributed by atoms with E-state index in [-0.39, 0.29) is 5.91 Å². The summed E-state index contributed by atoms with van der Waals surface area (Å²) in [6, 6.07) is 0.543. The number of amides is 1. The van der Waals surface area contributed by atoms with Crippen molar-refractivity contribution in [2.75, 3.05) is 25.0 Å². The highest BCUT2D eigenvalue weighted by Gasteiger charge is 2.28. The van der Waals surface area contributed by atoms with Crippen molar-refractivity contribution < 1.29 is 9.53 Å². The second-order valence-corrected chi connectivity index (χ2v) is 8.38. The summed E-state index contributed by atoms with van der Waals surface area (Å²) in [7, 11) is 0. The van der Waals surface area contributed by atoms with E-state index >= 15 is 0 Å². The molecule has 1 aromatic heterocycles. The molecule has 1 unspecified atom stereocenters. The molecule has 4 rings (SSSR count). The average Bonchev–Trinajstić information content (AvgIpc) is 3.31. The SMILES string of the molecule is O=C(CN(CC1CCCO1)C1CCCC1)Nc1nc2c(s1)CCC2. The number of ether oxygens (including phenoxy) is 1. The summed E-state index contributed by atoms with van der Waals surface area (Å²) in [5, 5.41) is 3.82. The molecule has 1 aliphatic heterocycles. The number of hydrogen-bond acceptors (Lipinski definition) is 5. The van der Waals surface area contributed by atoms with Crippen molar-refractivity contribution in [1.29, 1.82) is 0 Å². The van der Waals surface area contributed by atoms with Crippen molar-refractivity contribution in [1.82, 2.24) is 9.88 Å². The maximum atomic E-state index is 12.6. The molecule has 1 N–H and O–H groups in total. The first-order valence-electron chi connectivity index (χ1n) is 9.42. The minimum absolute atomic E-state index is 0.0762. The lowest BCUT2D eigenvalue weighted by molar-refractivity contribution is -0.118. The summed E-state index contributed by atoms with van der Waals surface area (Å²) in [6.45, 7) is 2.24. The van der Waals surface area contributed by atoms with Crippen molar-refractivity contribution >= 4 is 22.4 Å². The van der Waals surface area contributed by atoms with E-state index < -0.39 is 0 Å². The largest absolute Gasteiger partial charge is 0.377 e. The molecule has 24 heavy (non-hydrogen) atoms. The number of aromatic nitrogens is 1. The minimum atomic E-state index is 0.0762. The van der Waals surface area contributed by atoms with Crippen LogP contribution in [0.2, 0.25) is 0 Å². The fourth-order valence-corrected chi connectivity index (χ4v) is 5.32. The van der Waals surface area contributed by atoms with E-state index in [0.717, 1.165) is 44.0 Å². The van der Waals surface area contributed by atoms with Gasteiger partial charge in [-0.1, -0.05) is 12.8 Å². The number of carbonyl (C=O) groups is 1. The molecule has 3 aliphatic rings. The van der Waals surface area contributed by atoms with Gasteiger partial charge in [0.2, 0.25) is 5.91 Å². The number of rotatable bonds is 6. The van der Waals surface area contributed by atoms with Gasteiger partial charge >= 0.3 is 0 Å². The molecule has 5 nitrogen and oxygen atoms in total. The van der Waals surface area contributed by atoms with Crippen molar-refractivity contribution in [3.05, 3.63) is 10.6 Å². The van der Waals surface area contributed by atoms with Gasteiger partial charge < -0.3 is 10.1 Å². The molecular formula is C18H27N3O2S. The molecule has 1 amide bonds. The van der Waals surface area contributed by atoms with Crippen LogP contribution in [0.3, 0.4) is 0 Å². The molecular weight excluding hydrogens is 322 g/mol. The van der Waals surface area contributed by atoms with Crippen LogP contribution in [0.5, 0.6) is 0 Å². The number of nitrogens with one attached hydrogen (secondary N) is 1. The smallest absolute Gasteiger partial charge is 0.240 e. The average molecular weight is 350 g/mol. The lowest BCUT2D eigenvalue weighted by Crippen LogP contribution is -2.43. The highest BCUT2D eigenvalue weighted by Crippen LogP contribution is 2.30. The van der Waals surface area contributed by atoms with E-state index in [4.69, 9.17) is 4.74 Å². The summed E-state index contributed by atoms with van der Waals surface area (Å²) >= 11 is 1.66. The van der Waals surface area contributed by atoms with Gasteiger partial charge in [0.05, 0.1) is 18.3 Å². The van der Waals surface area contributed by atoms with Crippen LogP contribution in [0.25, 0.3) is 0 Å². The molecule has 2 fully saturated rings. The number of nitrogens with zero attached hydrogens (tertiary/aromatic N) is 2. The second-order valence-electron chi connectivity index (χ2n) is 7.29. The number of carbonyl (C=O) groups excluding carboxylic acids is 1. The zero-order chi connectivity index (χ0) is 16.4. The maximum Gasteiger partial charge on any atom is 0.240 e. The molecule has 0 radical (unpaired) electrons. The van der Waals surface area contributed by atoms with Crippen molar-refractivity contribution in [2.24, 2.45) is 0 Å². The Morgan fingerprint density at radius 1 is 1.21 bits per heavy atom. The number of fused-ring (bicyclic) bond motifs is 1. The topological polar surface area (TPSA) is 54.5 Å². The van der Waals surface area contributed by atoms with Crippen LogP contribution in [0.1, 0.15) is 55.5 Å². The van der Waals surface area contributed by atoms with Crippen LogP contribution < -0.4 is 5.32 Å². The Morgan fingerprint density at radius 2 is 2.08 bits per heavy atom. The van der Waals surface area contributed by atoms with E-state index in [2.05, 4.69) is 15.2 Å². The Morgan fingerprint density at radius 3 is 2.83 bits per heavy atom. The zero-order valence-electron chi connectivity index (χ0n) is 14.3. The molecule has 1 saturated heterocycles. The standard InChI is InChI=1S/C18H27N3O2S/c22-17(20-18-19-15-8-3-9-16(15)24-18)12-21(13-5-1-2-6-13)11-14-7-4-10-23-14/h13-14H,1-12H2,(H,19,20,22). The first kappa shape index (κ1) is 16.5. The third kappa shape index (κ3) is 3.81. The molecule has 1 atom stereocenters. The number of thiazole rings is 1. The Balaban J connectivity index is 1.35. The maximum absolute atomic E-state index is 12.6. The monoisotopic (exact) mass is 349 g/mol. The van der Waals surface area contributed by atoms with E-state index in [0.29, 0.717) is 18.7 Å². The molecule has 0 bridgehead atoms. The van der Waals surface area contributed by atoms with Gasteiger partial charge in [-0.05, 0) is 44.9 Å². The summed E-state index contributed by atoms with van der Waals surface area (Å²) in [6.07, 6.45) is 11.0. The normalized spacial score (nSPS) is 24.0. The summed E-state index contributed by atoms with van der Waals surface area (Å²) in [5.74, 6) is 0.0762. The van der Waals surface area contributed by atoms with Gasteiger partial charge in [0.1, 0.15) is 0 Å². The number of anilines is 1. The first-order valence-corrected chi connectivity index (χ1v) is 10.2. The lowest BCUT2D eigenvalue weighted by Gasteiger charge is -2.30. The summed E-state index contributed by atoms with van der Waals surface area (Å²) < 4.78 is 5.80. The third-order valence-corrected chi connectivity index (χ3v) is 6.56. The molecule has 1 aromatic rings. The first-order chi connectivity index (χ1) is 11.8. The van der Waals surface area contributed by atoms with Gasteiger partial charge in [-0.2, -0.15) is 0 Å². The highest BCUT2D eigenvalue weighted by molar-refractivity contribution is 7.15. The highest BCUT2D eigenvalue weighted by atomic mass is 32.1. The fraction of sp³-hybridized carbons (Fsp3) is 0.778. The van der Waals surface area contributed by atoms with Crippen LogP contribution >= 0.6 is 11.3 Å².